The number of thiophene rings is 1. The van der Waals surface area contributed by atoms with Gasteiger partial charge in [-0.15, -0.1) is 21.5 Å². The summed E-state index contributed by atoms with van der Waals surface area (Å²) in [4.78, 5) is 83.5. The van der Waals surface area contributed by atoms with Crippen molar-refractivity contribution in [2.75, 3.05) is 13.2 Å². The lowest BCUT2D eigenvalue weighted by atomic mass is 9.99. The molecule has 0 spiro atoms. The van der Waals surface area contributed by atoms with Gasteiger partial charge in [-0.05, 0) is 63.4 Å². The normalized spacial score (nSPS) is 17.8. The number of carbonyl (C=O) groups excluding carboxylic acids is 6. The van der Waals surface area contributed by atoms with Crippen LogP contribution in [0.2, 0.25) is 5.02 Å². The van der Waals surface area contributed by atoms with Gasteiger partial charge in [-0.25, -0.2) is 0 Å². The summed E-state index contributed by atoms with van der Waals surface area (Å²) in [6, 6.07) is 10.1. The molecule has 3 aliphatic heterocycles. The predicted octanol–water partition coefficient (Wildman–Crippen LogP) is 4.14. The molecule has 2 aromatic heterocycles. The van der Waals surface area contributed by atoms with Gasteiger partial charge in [0.1, 0.15) is 35.3 Å². The van der Waals surface area contributed by atoms with Crippen LogP contribution in [0.15, 0.2) is 47.5 Å². The number of hydrogen-bond acceptors (Lipinski definition) is 11. The summed E-state index contributed by atoms with van der Waals surface area (Å²) in [7, 11) is 0. The van der Waals surface area contributed by atoms with Gasteiger partial charge in [-0.3, -0.25) is 48.5 Å². The van der Waals surface area contributed by atoms with Gasteiger partial charge in [0.05, 0.1) is 23.3 Å². The molecule has 1 saturated heterocycles. The Morgan fingerprint density at radius 2 is 1.79 bits per heavy atom. The largest absolute Gasteiger partial charge is 0.485 e. The molecule has 272 valence electrons. The standard InChI is InChI=1S/C37H34ClN7O7S/c1-18-19(2)53-37-30(18)32(21-9-11-22(38)12-10-21)40-25(33-43-42-20(3)44(33)37)16-29(48)39-15-5-6-23(46)17-52-27-8-4-7-24-31(27)36(51)45(35(24)50)26-13-14-28(47)41-34(26)49/h4,7-12,25-26H,5-6,13-17H2,1-3H3,(H,39,48)(H,41,47,49)/t25-,26?/m0/s1. The first-order valence-corrected chi connectivity index (χ1v) is 18.2. The van der Waals surface area contributed by atoms with Gasteiger partial charge in [0.2, 0.25) is 17.7 Å². The van der Waals surface area contributed by atoms with E-state index in [0.717, 1.165) is 37.2 Å². The summed E-state index contributed by atoms with van der Waals surface area (Å²) in [5, 5.41) is 15.4. The first-order valence-electron chi connectivity index (χ1n) is 17.0. The van der Waals surface area contributed by atoms with Gasteiger partial charge in [-0.2, -0.15) is 0 Å². The van der Waals surface area contributed by atoms with Crippen LogP contribution in [0.1, 0.15) is 92.1 Å². The topological polar surface area (TPSA) is 182 Å². The van der Waals surface area contributed by atoms with E-state index in [9.17, 15) is 28.8 Å². The maximum absolute atomic E-state index is 13.3. The third-order valence-corrected chi connectivity index (χ3v) is 11.0. The number of aryl methyl sites for hydroxylation is 2. The molecule has 5 heterocycles. The zero-order valence-electron chi connectivity index (χ0n) is 29.0. The molecule has 0 saturated carbocycles. The third kappa shape index (κ3) is 6.77. The maximum Gasteiger partial charge on any atom is 0.266 e. The Labute approximate surface area is 312 Å². The van der Waals surface area contributed by atoms with Crippen molar-refractivity contribution in [2.24, 2.45) is 4.99 Å². The highest BCUT2D eigenvalue weighted by Gasteiger charge is 2.46. The second-order valence-corrected chi connectivity index (χ2v) is 14.7. The molecule has 16 heteroatoms. The van der Waals surface area contributed by atoms with Crippen molar-refractivity contribution in [3.05, 3.63) is 91.8 Å². The summed E-state index contributed by atoms with van der Waals surface area (Å²) >= 11 is 7.82. The SMILES string of the molecule is Cc1sc2c(c1C)C(c1ccc(Cl)cc1)=N[C@@H](CC(=O)NCCCC(=O)COc1cccc3c1C(=O)N(C1CCC(=O)NC1=O)C3=O)c1nnc(C)n1-2. The van der Waals surface area contributed by atoms with Crippen LogP contribution in [0.3, 0.4) is 0 Å². The average Bonchev–Trinajstić information content (AvgIpc) is 3.70. The van der Waals surface area contributed by atoms with Gasteiger partial charge < -0.3 is 10.1 Å². The number of ether oxygens (including phenoxy) is 1. The molecule has 2 atom stereocenters. The number of carbonyl (C=O) groups is 6. The number of imide groups is 2. The molecule has 2 N–H and O–H groups in total. The lowest BCUT2D eigenvalue weighted by molar-refractivity contribution is -0.136. The Balaban J connectivity index is 0.968. The highest BCUT2D eigenvalue weighted by molar-refractivity contribution is 7.15. The van der Waals surface area contributed by atoms with E-state index in [1.165, 1.54) is 18.2 Å². The Kier molecular flexibility index (Phi) is 9.79. The van der Waals surface area contributed by atoms with Crippen molar-refractivity contribution in [3.8, 4) is 10.8 Å². The monoisotopic (exact) mass is 755 g/mol. The van der Waals surface area contributed by atoms with E-state index in [4.69, 9.17) is 21.3 Å². The van der Waals surface area contributed by atoms with Gasteiger partial charge in [0.15, 0.2) is 11.6 Å². The van der Waals surface area contributed by atoms with Gasteiger partial charge in [0.25, 0.3) is 11.8 Å². The number of fused-ring (bicyclic) bond motifs is 4. The van der Waals surface area contributed by atoms with E-state index in [-0.39, 0.29) is 67.4 Å². The predicted molar refractivity (Wildman–Crippen MR) is 194 cm³/mol. The number of aromatic nitrogens is 3. The van der Waals surface area contributed by atoms with Crippen LogP contribution in [-0.4, -0.2) is 79.9 Å². The van der Waals surface area contributed by atoms with Crippen molar-refractivity contribution in [1.82, 2.24) is 30.3 Å². The van der Waals surface area contributed by atoms with Gasteiger partial charge in [0, 0.05) is 40.4 Å². The van der Waals surface area contributed by atoms with Crippen molar-refractivity contribution >= 4 is 64.0 Å². The number of Topliss-reactive ketones (excluding diaryl/α,β-unsaturated/α-hetero) is 1. The molecule has 14 nitrogen and oxygen atoms in total. The van der Waals surface area contributed by atoms with Crippen LogP contribution in [0.25, 0.3) is 5.00 Å². The fourth-order valence-corrected chi connectivity index (χ4v) is 8.07. The zero-order chi connectivity index (χ0) is 37.6. The van der Waals surface area contributed by atoms with Gasteiger partial charge in [-0.1, -0.05) is 29.8 Å². The van der Waals surface area contributed by atoms with E-state index < -0.39 is 35.7 Å². The number of piperidine rings is 1. The molecular weight excluding hydrogens is 722 g/mol. The first kappa shape index (κ1) is 35.8. The molecule has 1 fully saturated rings. The number of nitrogens with zero attached hydrogens (tertiary/aromatic N) is 5. The Morgan fingerprint density at radius 3 is 2.55 bits per heavy atom. The van der Waals surface area contributed by atoms with Crippen molar-refractivity contribution in [1.29, 1.82) is 0 Å². The van der Waals surface area contributed by atoms with Crippen LogP contribution in [-0.2, 0) is 19.2 Å². The van der Waals surface area contributed by atoms with E-state index in [1.54, 1.807) is 11.3 Å². The number of hydrogen-bond donors (Lipinski definition) is 2. The molecule has 2 aromatic carbocycles. The first-order chi connectivity index (χ1) is 25.4. The number of halogens is 1. The smallest absolute Gasteiger partial charge is 0.266 e. The van der Waals surface area contributed by atoms with E-state index in [0.29, 0.717) is 23.1 Å². The van der Waals surface area contributed by atoms with Crippen LogP contribution in [0.5, 0.6) is 5.75 Å². The number of nitrogens with one attached hydrogen (secondary N) is 2. The Morgan fingerprint density at radius 1 is 1.02 bits per heavy atom. The van der Waals surface area contributed by atoms with Crippen molar-refractivity contribution in [3.63, 3.8) is 0 Å². The number of rotatable bonds is 11. The molecular formula is C37H34ClN7O7S. The highest BCUT2D eigenvalue weighted by Crippen LogP contribution is 2.40. The molecule has 0 radical (unpaired) electrons. The van der Waals surface area contributed by atoms with Crippen LogP contribution in [0.4, 0.5) is 0 Å². The molecule has 7 rings (SSSR count). The van der Waals surface area contributed by atoms with Crippen molar-refractivity contribution in [2.45, 2.75) is 65.0 Å². The lowest BCUT2D eigenvalue weighted by Crippen LogP contribution is -2.54. The summed E-state index contributed by atoms with van der Waals surface area (Å²) in [5.41, 5.74) is 3.68. The summed E-state index contributed by atoms with van der Waals surface area (Å²) in [6.07, 6.45) is 0.438. The minimum absolute atomic E-state index is 0.000128. The lowest BCUT2D eigenvalue weighted by Gasteiger charge is -2.27. The van der Waals surface area contributed by atoms with Gasteiger partial charge >= 0.3 is 0 Å². The second-order valence-electron chi connectivity index (χ2n) is 13.0. The number of aliphatic imine (C=N–C) groups is 1. The fourth-order valence-electron chi connectivity index (χ4n) is 6.73. The molecule has 5 amide bonds. The van der Waals surface area contributed by atoms with E-state index in [2.05, 4.69) is 34.7 Å². The number of ketones is 1. The minimum atomic E-state index is -1.12. The molecule has 4 aromatic rings. The Hall–Kier alpha value is -5.54. The maximum atomic E-state index is 13.3. The summed E-state index contributed by atoms with van der Waals surface area (Å²) in [5.74, 6) is -1.84. The highest BCUT2D eigenvalue weighted by atomic mass is 35.5. The molecule has 1 unspecified atom stereocenters. The summed E-state index contributed by atoms with van der Waals surface area (Å²) in [6.45, 7) is 5.84. The minimum Gasteiger partial charge on any atom is -0.485 e. The second kappa shape index (κ2) is 14.5. The fraction of sp³-hybridized carbons (Fsp3) is 0.324. The van der Waals surface area contributed by atoms with Crippen LogP contribution >= 0.6 is 22.9 Å². The number of amides is 5. The van der Waals surface area contributed by atoms with E-state index >= 15 is 0 Å². The van der Waals surface area contributed by atoms with Crippen molar-refractivity contribution < 1.29 is 33.5 Å². The number of benzene rings is 2. The van der Waals surface area contributed by atoms with Crippen LogP contribution in [0, 0.1) is 20.8 Å². The average molecular weight is 756 g/mol. The van der Waals surface area contributed by atoms with Crippen LogP contribution < -0.4 is 15.4 Å². The third-order valence-electron chi connectivity index (χ3n) is 9.51. The zero-order valence-corrected chi connectivity index (χ0v) is 30.6. The molecule has 3 aliphatic rings. The molecule has 0 bridgehead atoms. The summed E-state index contributed by atoms with van der Waals surface area (Å²) < 4.78 is 7.67. The molecule has 53 heavy (non-hydrogen) atoms. The molecule has 0 aliphatic carbocycles. The van der Waals surface area contributed by atoms with E-state index in [1.807, 2.05) is 35.8 Å². The Bertz CT molecular complexity index is 2240. The quantitative estimate of drug-likeness (QED) is 0.168.